The number of anilines is 1. The van der Waals surface area contributed by atoms with Crippen molar-refractivity contribution in [2.75, 3.05) is 5.32 Å². The molecule has 1 aromatic heterocycles. The standard InChI is InChI=1S/C16H19N3/c1-3-12-4-6-13(7-5-12)15-11(2)10-17-16(19-15)18-14-8-9-14/h4-7,10,14H,3,8-9H2,1-2H3,(H,17,18,19). The van der Waals surface area contributed by atoms with Crippen molar-refractivity contribution in [1.82, 2.24) is 9.97 Å². The third kappa shape index (κ3) is 2.75. The van der Waals surface area contributed by atoms with Gasteiger partial charge in [0.05, 0.1) is 5.69 Å². The smallest absolute Gasteiger partial charge is 0.223 e. The predicted molar refractivity (Wildman–Crippen MR) is 78.2 cm³/mol. The molecule has 0 saturated heterocycles. The second kappa shape index (κ2) is 5.00. The summed E-state index contributed by atoms with van der Waals surface area (Å²) < 4.78 is 0. The van der Waals surface area contributed by atoms with Gasteiger partial charge in [-0.25, -0.2) is 9.97 Å². The number of nitrogens with one attached hydrogen (secondary N) is 1. The van der Waals surface area contributed by atoms with Gasteiger partial charge in [-0.15, -0.1) is 0 Å². The molecule has 1 aromatic carbocycles. The highest BCUT2D eigenvalue weighted by Gasteiger charge is 2.22. The molecule has 98 valence electrons. The van der Waals surface area contributed by atoms with E-state index in [1.54, 1.807) is 0 Å². The van der Waals surface area contributed by atoms with Crippen molar-refractivity contribution < 1.29 is 0 Å². The van der Waals surface area contributed by atoms with Crippen molar-refractivity contribution in [2.45, 2.75) is 39.2 Å². The van der Waals surface area contributed by atoms with Crippen LogP contribution in [0.1, 0.15) is 30.9 Å². The number of hydrogen-bond donors (Lipinski definition) is 1. The average molecular weight is 253 g/mol. The molecule has 3 nitrogen and oxygen atoms in total. The maximum absolute atomic E-state index is 4.66. The van der Waals surface area contributed by atoms with E-state index in [0.29, 0.717) is 6.04 Å². The van der Waals surface area contributed by atoms with E-state index in [1.165, 1.54) is 18.4 Å². The van der Waals surface area contributed by atoms with Crippen LogP contribution in [0.25, 0.3) is 11.3 Å². The molecule has 0 unspecified atom stereocenters. The Balaban J connectivity index is 1.92. The van der Waals surface area contributed by atoms with Gasteiger partial charge in [-0.2, -0.15) is 0 Å². The van der Waals surface area contributed by atoms with Crippen LogP contribution in [-0.2, 0) is 6.42 Å². The minimum atomic E-state index is 0.582. The first-order chi connectivity index (χ1) is 9.26. The molecular formula is C16H19N3. The highest BCUT2D eigenvalue weighted by molar-refractivity contribution is 5.64. The molecule has 0 atom stereocenters. The van der Waals surface area contributed by atoms with Crippen LogP contribution in [0.3, 0.4) is 0 Å². The molecule has 3 rings (SSSR count). The second-order valence-electron chi connectivity index (χ2n) is 5.19. The third-order valence-corrected chi connectivity index (χ3v) is 3.52. The molecule has 1 heterocycles. The number of aryl methyl sites for hydroxylation is 2. The van der Waals surface area contributed by atoms with E-state index in [4.69, 9.17) is 0 Å². The van der Waals surface area contributed by atoms with Crippen LogP contribution in [0, 0.1) is 6.92 Å². The molecule has 1 fully saturated rings. The molecule has 0 amide bonds. The summed E-state index contributed by atoms with van der Waals surface area (Å²) in [4.78, 5) is 9.01. The molecule has 1 aliphatic rings. The minimum absolute atomic E-state index is 0.582. The number of benzene rings is 1. The van der Waals surface area contributed by atoms with E-state index in [2.05, 4.69) is 53.4 Å². The van der Waals surface area contributed by atoms with E-state index < -0.39 is 0 Å². The number of hydrogen-bond acceptors (Lipinski definition) is 3. The van der Waals surface area contributed by atoms with Crippen LogP contribution < -0.4 is 5.32 Å². The molecule has 2 aromatic rings. The monoisotopic (exact) mass is 253 g/mol. The zero-order valence-corrected chi connectivity index (χ0v) is 11.5. The maximum Gasteiger partial charge on any atom is 0.223 e. The number of nitrogens with zero attached hydrogens (tertiary/aromatic N) is 2. The van der Waals surface area contributed by atoms with Crippen LogP contribution >= 0.6 is 0 Å². The summed E-state index contributed by atoms with van der Waals surface area (Å²) in [5.74, 6) is 0.752. The Bertz CT molecular complexity index is 571. The first kappa shape index (κ1) is 12.2. The molecular weight excluding hydrogens is 234 g/mol. The van der Waals surface area contributed by atoms with E-state index >= 15 is 0 Å². The van der Waals surface area contributed by atoms with Crippen LogP contribution in [-0.4, -0.2) is 16.0 Å². The van der Waals surface area contributed by atoms with Gasteiger partial charge in [0.2, 0.25) is 5.95 Å². The van der Waals surface area contributed by atoms with Crippen molar-refractivity contribution in [1.29, 1.82) is 0 Å². The lowest BCUT2D eigenvalue weighted by atomic mass is 10.1. The Morgan fingerprint density at radius 1 is 1.21 bits per heavy atom. The Morgan fingerprint density at radius 2 is 1.95 bits per heavy atom. The summed E-state index contributed by atoms with van der Waals surface area (Å²) in [5.41, 5.74) is 4.66. The van der Waals surface area contributed by atoms with Crippen LogP contribution in [0.4, 0.5) is 5.95 Å². The van der Waals surface area contributed by atoms with Crippen molar-refractivity contribution in [2.24, 2.45) is 0 Å². The summed E-state index contributed by atoms with van der Waals surface area (Å²) in [6.07, 6.45) is 5.44. The maximum atomic E-state index is 4.66. The van der Waals surface area contributed by atoms with E-state index in [-0.39, 0.29) is 0 Å². The fraction of sp³-hybridized carbons (Fsp3) is 0.375. The van der Waals surface area contributed by atoms with Crippen molar-refractivity contribution in [3.8, 4) is 11.3 Å². The fourth-order valence-corrected chi connectivity index (χ4v) is 2.11. The normalized spacial score (nSPS) is 14.4. The van der Waals surface area contributed by atoms with Gasteiger partial charge in [0.15, 0.2) is 0 Å². The molecule has 3 heteroatoms. The predicted octanol–water partition coefficient (Wildman–Crippen LogP) is 3.59. The van der Waals surface area contributed by atoms with Crippen LogP contribution in [0.5, 0.6) is 0 Å². The van der Waals surface area contributed by atoms with E-state index in [1.807, 2.05) is 6.20 Å². The summed E-state index contributed by atoms with van der Waals surface area (Å²) >= 11 is 0. The second-order valence-corrected chi connectivity index (χ2v) is 5.19. The number of rotatable bonds is 4. The highest BCUT2D eigenvalue weighted by Crippen LogP contribution is 2.26. The molecule has 19 heavy (non-hydrogen) atoms. The summed E-state index contributed by atoms with van der Waals surface area (Å²) in [5, 5.41) is 3.35. The molecule has 0 spiro atoms. The van der Waals surface area contributed by atoms with E-state index in [0.717, 1.165) is 29.2 Å². The third-order valence-electron chi connectivity index (χ3n) is 3.52. The Kier molecular flexibility index (Phi) is 3.20. The van der Waals surface area contributed by atoms with Crippen molar-refractivity contribution in [3.05, 3.63) is 41.6 Å². The zero-order chi connectivity index (χ0) is 13.2. The summed E-state index contributed by atoms with van der Waals surface area (Å²) in [6.45, 7) is 4.23. The molecule has 1 aliphatic carbocycles. The van der Waals surface area contributed by atoms with Gasteiger partial charge in [-0.05, 0) is 37.3 Å². The first-order valence-electron chi connectivity index (χ1n) is 6.95. The van der Waals surface area contributed by atoms with E-state index in [9.17, 15) is 0 Å². The van der Waals surface area contributed by atoms with Crippen molar-refractivity contribution >= 4 is 5.95 Å². The zero-order valence-electron chi connectivity index (χ0n) is 11.5. The van der Waals surface area contributed by atoms with Gasteiger partial charge in [0.25, 0.3) is 0 Å². The molecule has 0 bridgehead atoms. The van der Waals surface area contributed by atoms with Gasteiger partial charge in [0.1, 0.15) is 0 Å². The fourth-order valence-electron chi connectivity index (χ4n) is 2.11. The topological polar surface area (TPSA) is 37.8 Å². The molecule has 0 aliphatic heterocycles. The van der Waals surface area contributed by atoms with Gasteiger partial charge >= 0.3 is 0 Å². The lowest BCUT2D eigenvalue weighted by Gasteiger charge is -2.09. The first-order valence-corrected chi connectivity index (χ1v) is 6.95. The van der Waals surface area contributed by atoms with Gasteiger partial charge < -0.3 is 5.32 Å². The average Bonchev–Trinajstić information content (AvgIpc) is 3.25. The quantitative estimate of drug-likeness (QED) is 0.904. The Hall–Kier alpha value is -1.90. The molecule has 1 saturated carbocycles. The van der Waals surface area contributed by atoms with Crippen LogP contribution in [0.2, 0.25) is 0 Å². The Labute approximate surface area is 114 Å². The molecule has 0 radical (unpaired) electrons. The molecule has 1 N–H and O–H groups in total. The Morgan fingerprint density at radius 3 is 2.58 bits per heavy atom. The lowest BCUT2D eigenvalue weighted by molar-refractivity contribution is 1.04. The summed E-state index contributed by atoms with van der Waals surface area (Å²) in [6, 6.07) is 9.22. The largest absolute Gasteiger partial charge is 0.351 e. The SMILES string of the molecule is CCc1ccc(-c2nc(NC3CC3)ncc2C)cc1. The lowest BCUT2D eigenvalue weighted by Crippen LogP contribution is -2.06. The van der Waals surface area contributed by atoms with Gasteiger partial charge in [-0.1, -0.05) is 31.2 Å². The van der Waals surface area contributed by atoms with Crippen molar-refractivity contribution in [3.63, 3.8) is 0 Å². The summed E-state index contributed by atoms with van der Waals surface area (Å²) in [7, 11) is 0. The van der Waals surface area contributed by atoms with Crippen LogP contribution in [0.15, 0.2) is 30.5 Å². The number of aromatic nitrogens is 2. The van der Waals surface area contributed by atoms with Gasteiger partial charge in [0, 0.05) is 17.8 Å². The minimum Gasteiger partial charge on any atom is -0.351 e. The van der Waals surface area contributed by atoms with Gasteiger partial charge in [-0.3, -0.25) is 0 Å². The highest BCUT2D eigenvalue weighted by atomic mass is 15.1.